The van der Waals surface area contributed by atoms with E-state index in [0.717, 1.165) is 12.0 Å². The van der Waals surface area contributed by atoms with Crippen LogP contribution in [0.25, 0.3) is 0 Å². The number of ether oxygens (including phenoxy) is 2. The summed E-state index contributed by atoms with van der Waals surface area (Å²) in [7, 11) is 2.99. The quantitative estimate of drug-likeness (QED) is 0.914. The highest BCUT2D eigenvalue weighted by atomic mass is 16.5. The third kappa shape index (κ3) is 2.97. The van der Waals surface area contributed by atoms with Gasteiger partial charge in [0.05, 0.1) is 20.4 Å². The van der Waals surface area contributed by atoms with Gasteiger partial charge in [0.25, 0.3) is 0 Å². The maximum absolute atomic E-state index is 10.9. The second kappa shape index (κ2) is 6.10. The summed E-state index contributed by atoms with van der Waals surface area (Å²) in [5.74, 6) is 0.589. The number of benzene rings is 1. The van der Waals surface area contributed by atoms with Gasteiger partial charge in [-0.2, -0.15) is 4.98 Å². The first-order valence-electron chi connectivity index (χ1n) is 6.80. The predicted molar refractivity (Wildman–Crippen MR) is 79.6 cm³/mol. The van der Waals surface area contributed by atoms with Crippen LogP contribution in [0.15, 0.2) is 30.5 Å². The number of rotatable bonds is 5. The van der Waals surface area contributed by atoms with Gasteiger partial charge in [0.1, 0.15) is 11.3 Å². The Morgan fingerprint density at radius 1 is 1.14 bits per heavy atom. The van der Waals surface area contributed by atoms with Crippen molar-refractivity contribution in [2.45, 2.75) is 25.9 Å². The van der Waals surface area contributed by atoms with Crippen molar-refractivity contribution in [3.8, 4) is 11.8 Å². The second-order valence-corrected chi connectivity index (χ2v) is 4.89. The lowest BCUT2D eigenvalue weighted by atomic mass is 9.91. The second-order valence-electron chi connectivity index (χ2n) is 4.89. The van der Waals surface area contributed by atoms with Crippen LogP contribution in [-0.2, 0) is 12.0 Å². The highest BCUT2D eigenvalue weighted by molar-refractivity contribution is 5.38. The number of aryl methyl sites for hydroxylation is 1. The summed E-state index contributed by atoms with van der Waals surface area (Å²) in [6, 6.07) is 7.77. The predicted octanol–water partition coefficient (Wildman–Crippen LogP) is 2.31. The molecule has 0 aliphatic heterocycles. The first kappa shape index (κ1) is 15.3. The number of aromatic nitrogens is 2. The fourth-order valence-corrected chi connectivity index (χ4v) is 2.13. The van der Waals surface area contributed by atoms with Gasteiger partial charge in [0.2, 0.25) is 11.8 Å². The van der Waals surface area contributed by atoms with Crippen LogP contribution in [0.2, 0.25) is 0 Å². The molecule has 0 fully saturated rings. The Labute approximate surface area is 124 Å². The molecular weight excluding hydrogens is 268 g/mol. The minimum atomic E-state index is -1.29. The highest BCUT2D eigenvalue weighted by Crippen LogP contribution is 2.33. The van der Waals surface area contributed by atoms with Crippen molar-refractivity contribution < 1.29 is 14.6 Å². The molecule has 21 heavy (non-hydrogen) atoms. The maximum Gasteiger partial charge on any atom is 0.242 e. The third-order valence-electron chi connectivity index (χ3n) is 3.51. The summed E-state index contributed by atoms with van der Waals surface area (Å²) in [6.07, 6.45) is 2.42. The van der Waals surface area contributed by atoms with E-state index in [1.807, 2.05) is 24.3 Å². The molecule has 112 valence electrons. The Hall–Kier alpha value is -2.14. The molecule has 1 N–H and O–H groups in total. The van der Waals surface area contributed by atoms with E-state index in [0.29, 0.717) is 11.6 Å². The lowest BCUT2D eigenvalue weighted by Crippen LogP contribution is -2.25. The first-order valence-corrected chi connectivity index (χ1v) is 6.80. The van der Waals surface area contributed by atoms with Crippen LogP contribution in [0.4, 0.5) is 0 Å². The van der Waals surface area contributed by atoms with E-state index in [9.17, 15) is 5.11 Å². The molecule has 5 heteroatoms. The Bertz CT molecular complexity index is 609. The van der Waals surface area contributed by atoms with Crippen molar-refractivity contribution in [2.24, 2.45) is 0 Å². The Kier molecular flexibility index (Phi) is 4.43. The number of hydrogen-bond acceptors (Lipinski definition) is 5. The fraction of sp³-hybridized carbons (Fsp3) is 0.375. The van der Waals surface area contributed by atoms with Crippen LogP contribution in [0.1, 0.15) is 30.7 Å². The monoisotopic (exact) mass is 288 g/mol. The molecule has 1 unspecified atom stereocenters. The minimum absolute atomic E-state index is 0.249. The van der Waals surface area contributed by atoms with Gasteiger partial charge in [0, 0.05) is 0 Å². The van der Waals surface area contributed by atoms with E-state index in [-0.39, 0.29) is 5.88 Å². The average Bonchev–Trinajstić information content (AvgIpc) is 2.54. The lowest BCUT2D eigenvalue weighted by molar-refractivity contribution is 0.0926. The van der Waals surface area contributed by atoms with Crippen molar-refractivity contribution in [3.05, 3.63) is 47.3 Å². The van der Waals surface area contributed by atoms with Crippen LogP contribution < -0.4 is 9.47 Å². The van der Waals surface area contributed by atoms with Crippen LogP contribution in [0.5, 0.6) is 11.8 Å². The SMILES string of the molecule is CCc1ccc(C(C)(O)c2ncc(OC)nc2OC)cc1. The van der Waals surface area contributed by atoms with Crippen molar-refractivity contribution in [1.29, 1.82) is 0 Å². The van der Waals surface area contributed by atoms with E-state index in [1.165, 1.54) is 26.0 Å². The first-order chi connectivity index (χ1) is 10.0. The van der Waals surface area contributed by atoms with Crippen molar-refractivity contribution in [2.75, 3.05) is 14.2 Å². The van der Waals surface area contributed by atoms with Gasteiger partial charge < -0.3 is 14.6 Å². The zero-order chi connectivity index (χ0) is 15.5. The van der Waals surface area contributed by atoms with Gasteiger partial charge in [-0.25, -0.2) is 4.98 Å². The van der Waals surface area contributed by atoms with E-state index in [2.05, 4.69) is 16.9 Å². The van der Waals surface area contributed by atoms with Crippen molar-refractivity contribution >= 4 is 0 Å². The number of aliphatic hydroxyl groups is 1. The molecule has 0 saturated heterocycles. The summed E-state index contributed by atoms with van der Waals surface area (Å²) < 4.78 is 10.3. The summed E-state index contributed by atoms with van der Waals surface area (Å²) in [5.41, 5.74) is 1.01. The molecule has 0 aliphatic carbocycles. The molecule has 2 rings (SSSR count). The largest absolute Gasteiger partial charge is 0.480 e. The molecule has 0 spiro atoms. The van der Waals surface area contributed by atoms with Gasteiger partial charge in [-0.05, 0) is 24.5 Å². The number of hydrogen-bond donors (Lipinski definition) is 1. The zero-order valence-corrected chi connectivity index (χ0v) is 12.8. The van der Waals surface area contributed by atoms with E-state index < -0.39 is 5.60 Å². The van der Waals surface area contributed by atoms with Gasteiger partial charge in [-0.1, -0.05) is 31.2 Å². The zero-order valence-electron chi connectivity index (χ0n) is 12.8. The van der Waals surface area contributed by atoms with E-state index in [1.54, 1.807) is 6.92 Å². The van der Waals surface area contributed by atoms with Crippen LogP contribution in [-0.4, -0.2) is 29.3 Å². The Morgan fingerprint density at radius 3 is 2.33 bits per heavy atom. The van der Waals surface area contributed by atoms with Crippen molar-refractivity contribution in [1.82, 2.24) is 9.97 Å². The topological polar surface area (TPSA) is 64.5 Å². The highest BCUT2D eigenvalue weighted by Gasteiger charge is 2.32. The minimum Gasteiger partial charge on any atom is -0.480 e. The molecule has 1 atom stereocenters. The van der Waals surface area contributed by atoms with Gasteiger partial charge in [-0.15, -0.1) is 0 Å². The molecule has 5 nitrogen and oxygen atoms in total. The fourth-order valence-electron chi connectivity index (χ4n) is 2.13. The average molecular weight is 288 g/mol. The molecule has 1 aromatic carbocycles. The molecule has 2 aromatic rings. The van der Waals surface area contributed by atoms with Crippen LogP contribution in [0.3, 0.4) is 0 Å². The standard InChI is InChI=1S/C16H20N2O3/c1-5-11-6-8-12(9-7-11)16(2,19)14-15(21-4)18-13(20-3)10-17-14/h6-10,19H,5H2,1-4H3. The smallest absolute Gasteiger partial charge is 0.242 e. The molecule has 1 heterocycles. The number of nitrogens with zero attached hydrogens (tertiary/aromatic N) is 2. The summed E-state index contributed by atoms with van der Waals surface area (Å²) in [5, 5.41) is 10.9. The van der Waals surface area contributed by atoms with Gasteiger partial charge in [-0.3, -0.25) is 0 Å². The van der Waals surface area contributed by atoms with Crippen molar-refractivity contribution in [3.63, 3.8) is 0 Å². The molecule has 0 bridgehead atoms. The molecular formula is C16H20N2O3. The molecule has 1 aromatic heterocycles. The summed E-state index contributed by atoms with van der Waals surface area (Å²) in [4.78, 5) is 8.42. The Morgan fingerprint density at radius 2 is 1.81 bits per heavy atom. The number of methoxy groups -OCH3 is 2. The Balaban J connectivity index is 2.46. The van der Waals surface area contributed by atoms with E-state index >= 15 is 0 Å². The summed E-state index contributed by atoms with van der Waals surface area (Å²) in [6.45, 7) is 3.76. The van der Waals surface area contributed by atoms with Gasteiger partial charge in [0.15, 0.2) is 0 Å². The van der Waals surface area contributed by atoms with Crippen LogP contribution in [0, 0.1) is 0 Å². The maximum atomic E-state index is 10.9. The molecule has 0 radical (unpaired) electrons. The molecule has 0 saturated carbocycles. The van der Waals surface area contributed by atoms with Gasteiger partial charge >= 0.3 is 0 Å². The molecule has 0 amide bonds. The normalized spacial score (nSPS) is 13.6. The van der Waals surface area contributed by atoms with E-state index in [4.69, 9.17) is 9.47 Å². The lowest BCUT2D eigenvalue weighted by Gasteiger charge is -2.24. The summed E-state index contributed by atoms with van der Waals surface area (Å²) >= 11 is 0. The third-order valence-corrected chi connectivity index (χ3v) is 3.51. The van der Waals surface area contributed by atoms with Crippen LogP contribution >= 0.6 is 0 Å². The molecule has 0 aliphatic rings.